The molecule has 1 aliphatic heterocycles. The van der Waals surface area contributed by atoms with Gasteiger partial charge in [0.25, 0.3) is 0 Å². The third-order valence-electron chi connectivity index (χ3n) is 3.53. The van der Waals surface area contributed by atoms with Crippen LogP contribution in [0.15, 0.2) is 43.0 Å². The van der Waals surface area contributed by atoms with E-state index in [0.29, 0.717) is 18.7 Å². The molecule has 1 aromatic carbocycles. The number of esters is 1. The van der Waals surface area contributed by atoms with Gasteiger partial charge in [-0.25, -0.2) is 9.59 Å². The van der Waals surface area contributed by atoms with E-state index in [2.05, 4.69) is 6.58 Å². The van der Waals surface area contributed by atoms with Crippen molar-refractivity contribution in [3.63, 3.8) is 0 Å². The fraction of sp³-hybridized carbons (Fsp3) is 0.444. The molecule has 0 aliphatic carbocycles. The first-order valence-corrected chi connectivity index (χ1v) is 7.66. The largest absolute Gasteiger partial charge is 0.456 e. The molecule has 2 rings (SSSR count). The highest BCUT2D eigenvalue weighted by Crippen LogP contribution is 2.24. The van der Waals surface area contributed by atoms with Crippen LogP contribution in [0.25, 0.3) is 0 Å². The van der Waals surface area contributed by atoms with Gasteiger partial charge in [0, 0.05) is 12.5 Å². The van der Waals surface area contributed by atoms with Crippen molar-refractivity contribution < 1.29 is 19.1 Å². The van der Waals surface area contributed by atoms with Crippen molar-refractivity contribution in [2.75, 3.05) is 13.1 Å². The van der Waals surface area contributed by atoms with Gasteiger partial charge in [-0.2, -0.15) is 0 Å². The Bertz CT molecular complexity index is 576. The Morgan fingerprint density at radius 3 is 2.43 bits per heavy atom. The molecule has 0 bridgehead atoms. The molecule has 1 saturated heterocycles. The summed E-state index contributed by atoms with van der Waals surface area (Å²) in [6, 6.07) is 8.80. The van der Waals surface area contributed by atoms with E-state index in [1.807, 2.05) is 26.8 Å². The van der Waals surface area contributed by atoms with Gasteiger partial charge in [0.2, 0.25) is 0 Å². The van der Waals surface area contributed by atoms with E-state index >= 15 is 0 Å². The van der Waals surface area contributed by atoms with Gasteiger partial charge in [0.15, 0.2) is 0 Å². The van der Waals surface area contributed by atoms with Crippen molar-refractivity contribution >= 4 is 12.1 Å². The van der Waals surface area contributed by atoms with Crippen molar-refractivity contribution in [1.82, 2.24) is 4.90 Å². The van der Waals surface area contributed by atoms with Crippen LogP contribution in [-0.4, -0.2) is 41.8 Å². The molecule has 0 saturated carbocycles. The van der Waals surface area contributed by atoms with Gasteiger partial charge >= 0.3 is 12.1 Å². The summed E-state index contributed by atoms with van der Waals surface area (Å²) in [4.78, 5) is 25.9. The van der Waals surface area contributed by atoms with E-state index in [1.165, 1.54) is 0 Å². The highest BCUT2D eigenvalue weighted by molar-refractivity contribution is 5.89. The topological polar surface area (TPSA) is 55.8 Å². The van der Waals surface area contributed by atoms with E-state index in [9.17, 15) is 9.59 Å². The average molecular weight is 317 g/mol. The fourth-order valence-electron chi connectivity index (χ4n) is 2.41. The number of carbonyl (C=O) groups excluding carboxylic acids is 2. The molecule has 1 heterocycles. The Morgan fingerprint density at radius 1 is 1.22 bits per heavy atom. The first-order chi connectivity index (χ1) is 10.8. The first kappa shape index (κ1) is 17.1. The smallest absolute Gasteiger partial charge is 0.410 e. The number of amides is 1. The Labute approximate surface area is 136 Å². The third-order valence-corrected chi connectivity index (χ3v) is 3.53. The summed E-state index contributed by atoms with van der Waals surface area (Å²) < 4.78 is 10.9. The maximum absolute atomic E-state index is 12.2. The van der Waals surface area contributed by atoms with Crippen LogP contribution < -0.4 is 0 Å². The van der Waals surface area contributed by atoms with E-state index in [4.69, 9.17) is 9.47 Å². The predicted molar refractivity (Wildman–Crippen MR) is 87.1 cm³/mol. The lowest BCUT2D eigenvalue weighted by Gasteiger charge is -2.24. The summed E-state index contributed by atoms with van der Waals surface area (Å²) >= 11 is 0. The number of rotatable bonds is 3. The second kappa shape index (κ2) is 6.86. The van der Waals surface area contributed by atoms with E-state index < -0.39 is 23.8 Å². The van der Waals surface area contributed by atoms with E-state index in [0.717, 1.165) is 0 Å². The SMILES string of the molecule is C=C[C@@H]1CN(C(=O)OC(C)(C)C)C[C@@H]1OC(=O)c1ccccc1. The number of carbonyl (C=O) groups is 2. The molecule has 124 valence electrons. The molecule has 1 amide bonds. The van der Waals surface area contributed by atoms with E-state index in [-0.39, 0.29) is 5.92 Å². The molecule has 0 N–H and O–H groups in total. The minimum absolute atomic E-state index is 0.102. The number of hydrogen-bond donors (Lipinski definition) is 0. The molecule has 1 fully saturated rings. The van der Waals surface area contributed by atoms with Gasteiger partial charge in [-0.05, 0) is 32.9 Å². The zero-order chi connectivity index (χ0) is 17.0. The zero-order valence-corrected chi connectivity index (χ0v) is 13.8. The maximum atomic E-state index is 12.2. The van der Waals surface area contributed by atoms with Crippen LogP contribution in [0.5, 0.6) is 0 Å². The van der Waals surface area contributed by atoms with Gasteiger partial charge in [-0.3, -0.25) is 0 Å². The minimum atomic E-state index is -0.556. The quantitative estimate of drug-likeness (QED) is 0.634. The maximum Gasteiger partial charge on any atom is 0.410 e. The normalized spacial score (nSPS) is 20.9. The number of nitrogens with zero attached hydrogens (tertiary/aromatic N) is 1. The Kier molecular flexibility index (Phi) is 5.08. The Balaban J connectivity index is 2.01. The van der Waals surface area contributed by atoms with Gasteiger partial charge in [-0.15, -0.1) is 6.58 Å². The molecule has 5 nitrogen and oxygen atoms in total. The summed E-state index contributed by atoms with van der Waals surface area (Å²) in [5, 5.41) is 0. The number of likely N-dealkylation sites (tertiary alicyclic amines) is 1. The fourth-order valence-corrected chi connectivity index (χ4v) is 2.41. The van der Waals surface area contributed by atoms with Gasteiger partial charge < -0.3 is 14.4 Å². The summed E-state index contributed by atoms with van der Waals surface area (Å²) in [5.41, 5.74) is -0.0643. The minimum Gasteiger partial charge on any atom is -0.456 e. The summed E-state index contributed by atoms with van der Waals surface area (Å²) in [6.45, 7) is 9.97. The molecule has 1 aromatic rings. The number of hydrogen-bond acceptors (Lipinski definition) is 4. The summed E-state index contributed by atoms with van der Waals surface area (Å²) in [6.07, 6.45) is 0.906. The molecule has 1 aliphatic rings. The molecule has 0 aromatic heterocycles. The lowest BCUT2D eigenvalue weighted by atomic mass is 10.1. The van der Waals surface area contributed by atoms with Crippen molar-refractivity contribution in [3.8, 4) is 0 Å². The summed E-state index contributed by atoms with van der Waals surface area (Å²) in [7, 11) is 0. The zero-order valence-electron chi connectivity index (χ0n) is 13.8. The van der Waals surface area contributed by atoms with Gasteiger partial charge in [0.05, 0.1) is 12.1 Å². The van der Waals surface area contributed by atoms with Crippen LogP contribution in [0.2, 0.25) is 0 Å². The van der Waals surface area contributed by atoms with Crippen LogP contribution in [-0.2, 0) is 9.47 Å². The molecule has 0 spiro atoms. The summed E-state index contributed by atoms with van der Waals surface area (Å²) in [5.74, 6) is -0.497. The Hall–Kier alpha value is -2.30. The monoisotopic (exact) mass is 317 g/mol. The van der Waals surface area contributed by atoms with Crippen molar-refractivity contribution in [2.24, 2.45) is 5.92 Å². The van der Waals surface area contributed by atoms with Crippen molar-refractivity contribution in [1.29, 1.82) is 0 Å². The molecule has 0 unspecified atom stereocenters. The second-order valence-corrected chi connectivity index (χ2v) is 6.59. The molecular weight excluding hydrogens is 294 g/mol. The highest BCUT2D eigenvalue weighted by Gasteiger charge is 2.38. The van der Waals surface area contributed by atoms with Crippen LogP contribution in [0.3, 0.4) is 0 Å². The molecule has 2 atom stereocenters. The Morgan fingerprint density at radius 2 is 1.87 bits per heavy atom. The molecular formula is C18H23NO4. The van der Waals surface area contributed by atoms with Crippen LogP contribution >= 0.6 is 0 Å². The van der Waals surface area contributed by atoms with Crippen LogP contribution in [0.4, 0.5) is 4.79 Å². The number of benzene rings is 1. The average Bonchev–Trinajstić information content (AvgIpc) is 2.89. The van der Waals surface area contributed by atoms with Crippen molar-refractivity contribution in [2.45, 2.75) is 32.5 Å². The number of ether oxygens (including phenoxy) is 2. The lowest BCUT2D eigenvalue weighted by Crippen LogP contribution is -2.36. The lowest BCUT2D eigenvalue weighted by molar-refractivity contribution is 0.0177. The van der Waals surface area contributed by atoms with Gasteiger partial charge in [-0.1, -0.05) is 24.3 Å². The van der Waals surface area contributed by atoms with Crippen molar-refractivity contribution in [3.05, 3.63) is 48.6 Å². The van der Waals surface area contributed by atoms with Crippen LogP contribution in [0, 0.1) is 5.92 Å². The van der Waals surface area contributed by atoms with E-state index in [1.54, 1.807) is 35.2 Å². The molecule has 5 heteroatoms. The molecule has 23 heavy (non-hydrogen) atoms. The molecule has 0 radical (unpaired) electrons. The highest BCUT2D eigenvalue weighted by atomic mass is 16.6. The predicted octanol–water partition coefficient (Wildman–Crippen LogP) is 3.26. The van der Waals surface area contributed by atoms with Crippen LogP contribution in [0.1, 0.15) is 31.1 Å². The third kappa shape index (κ3) is 4.58. The second-order valence-electron chi connectivity index (χ2n) is 6.59. The first-order valence-electron chi connectivity index (χ1n) is 7.66. The van der Waals surface area contributed by atoms with Gasteiger partial charge in [0.1, 0.15) is 11.7 Å². The standard InChI is InChI=1S/C18H23NO4/c1-5-13-11-19(17(21)23-18(2,3)4)12-15(13)22-16(20)14-9-7-6-8-10-14/h5-10,13,15H,1,11-12H2,2-4H3/t13-,15+/m1/s1.